The van der Waals surface area contributed by atoms with Crippen LogP contribution in [0.2, 0.25) is 0 Å². The van der Waals surface area contributed by atoms with Crippen LogP contribution in [0.25, 0.3) is 0 Å². The summed E-state index contributed by atoms with van der Waals surface area (Å²) in [7, 11) is 0. The molecule has 0 N–H and O–H groups in total. The Labute approximate surface area is 107 Å². The molecule has 2 aliphatic rings. The molecule has 0 unspecified atom stereocenters. The van der Waals surface area contributed by atoms with Gasteiger partial charge in [0.05, 0.1) is 17.9 Å². The molecule has 1 saturated heterocycles. The van der Waals surface area contributed by atoms with Crippen molar-refractivity contribution in [3.05, 3.63) is 24.0 Å². The lowest BCUT2D eigenvalue weighted by molar-refractivity contribution is 0.0260. The van der Waals surface area contributed by atoms with Gasteiger partial charge in [-0.2, -0.15) is 0 Å². The normalized spacial score (nSPS) is 22.3. The number of aryl methyl sites for hydroxylation is 1. The summed E-state index contributed by atoms with van der Waals surface area (Å²) in [6, 6.07) is 3.80. The smallest absolute Gasteiger partial charge is 0.415 e. The first kappa shape index (κ1) is 11.5. The van der Waals surface area contributed by atoms with Gasteiger partial charge in [-0.05, 0) is 44.7 Å². The van der Waals surface area contributed by atoms with Gasteiger partial charge < -0.3 is 4.74 Å². The second kappa shape index (κ2) is 4.26. The van der Waals surface area contributed by atoms with E-state index in [2.05, 4.69) is 4.98 Å². The molecule has 1 aromatic rings. The molecule has 0 radical (unpaired) electrons. The van der Waals surface area contributed by atoms with E-state index < -0.39 is 0 Å². The maximum Gasteiger partial charge on any atom is 0.415 e. The number of hydrogen-bond acceptors (Lipinski definition) is 3. The van der Waals surface area contributed by atoms with Gasteiger partial charge in [-0.1, -0.05) is 6.42 Å². The number of carbonyl (C=O) groups excluding carboxylic acids is 1. The number of amides is 1. The van der Waals surface area contributed by atoms with Gasteiger partial charge in [0.1, 0.15) is 5.60 Å². The zero-order chi connectivity index (χ0) is 12.6. The van der Waals surface area contributed by atoms with Gasteiger partial charge in [0.25, 0.3) is 0 Å². The van der Waals surface area contributed by atoms with Crippen LogP contribution in [0.1, 0.15) is 37.8 Å². The van der Waals surface area contributed by atoms with Crippen LogP contribution in [-0.2, 0) is 4.74 Å². The topological polar surface area (TPSA) is 42.4 Å². The number of rotatable bonds is 1. The summed E-state index contributed by atoms with van der Waals surface area (Å²) in [5.41, 5.74) is 1.52. The van der Waals surface area contributed by atoms with E-state index in [9.17, 15) is 4.79 Å². The number of anilines is 1. The van der Waals surface area contributed by atoms with E-state index in [0.717, 1.165) is 37.1 Å². The highest BCUT2D eigenvalue weighted by molar-refractivity contribution is 5.90. The van der Waals surface area contributed by atoms with Crippen LogP contribution >= 0.6 is 0 Å². The molecule has 0 aromatic carbocycles. The summed E-state index contributed by atoms with van der Waals surface area (Å²) in [5, 5.41) is 0. The summed E-state index contributed by atoms with van der Waals surface area (Å²) < 4.78 is 5.67. The van der Waals surface area contributed by atoms with E-state index in [1.54, 1.807) is 11.1 Å². The van der Waals surface area contributed by atoms with Crippen molar-refractivity contribution in [3.63, 3.8) is 0 Å². The molecule has 1 spiro atoms. The molecule has 0 bridgehead atoms. The number of hydrogen-bond donors (Lipinski definition) is 0. The highest BCUT2D eigenvalue weighted by Gasteiger charge is 2.46. The summed E-state index contributed by atoms with van der Waals surface area (Å²) in [4.78, 5) is 18.1. The predicted molar refractivity (Wildman–Crippen MR) is 68.6 cm³/mol. The quantitative estimate of drug-likeness (QED) is 0.764. The molecule has 1 aliphatic carbocycles. The van der Waals surface area contributed by atoms with Crippen LogP contribution < -0.4 is 4.90 Å². The summed E-state index contributed by atoms with van der Waals surface area (Å²) in [6.45, 7) is 2.60. The fraction of sp³-hybridized carbons (Fsp3) is 0.571. The van der Waals surface area contributed by atoms with E-state index in [1.807, 2.05) is 19.1 Å². The summed E-state index contributed by atoms with van der Waals surface area (Å²) >= 11 is 0. The van der Waals surface area contributed by atoms with Gasteiger partial charge in [0.15, 0.2) is 0 Å². The number of carbonyl (C=O) groups is 1. The average Bonchev–Trinajstić information content (AvgIpc) is 2.67. The van der Waals surface area contributed by atoms with Gasteiger partial charge in [0.2, 0.25) is 0 Å². The van der Waals surface area contributed by atoms with Gasteiger partial charge >= 0.3 is 6.09 Å². The van der Waals surface area contributed by atoms with Gasteiger partial charge in [-0.25, -0.2) is 4.79 Å². The molecule has 3 rings (SSSR count). The number of pyridine rings is 1. The van der Waals surface area contributed by atoms with Gasteiger partial charge in [-0.3, -0.25) is 9.88 Å². The third kappa shape index (κ3) is 1.85. The monoisotopic (exact) mass is 246 g/mol. The fourth-order valence-electron chi connectivity index (χ4n) is 3.03. The minimum atomic E-state index is -0.238. The highest BCUT2D eigenvalue weighted by atomic mass is 16.6. The van der Waals surface area contributed by atoms with Crippen molar-refractivity contribution in [3.8, 4) is 0 Å². The Morgan fingerprint density at radius 1 is 1.33 bits per heavy atom. The largest absolute Gasteiger partial charge is 0.441 e. The van der Waals surface area contributed by atoms with Crippen LogP contribution in [0.5, 0.6) is 0 Å². The maximum absolute atomic E-state index is 12.1. The summed E-state index contributed by atoms with van der Waals surface area (Å²) in [5.74, 6) is 0. The Morgan fingerprint density at radius 3 is 2.83 bits per heavy atom. The summed E-state index contributed by atoms with van der Waals surface area (Å²) in [6.07, 6.45) is 7.10. The molecule has 4 heteroatoms. The van der Waals surface area contributed by atoms with E-state index in [4.69, 9.17) is 4.74 Å². The number of ether oxygens (including phenoxy) is 1. The van der Waals surface area contributed by atoms with Crippen molar-refractivity contribution in [2.45, 2.75) is 44.6 Å². The van der Waals surface area contributed by atoms with Gasteiger partial charge in [-0.15, -0.1) is 0 Å². The van der Waals surface area contributed by atoms with E-state index in [1.165, 1.54) is 6.42 Å². The molecule has 1 saturated carbocycles. The van der Waals surface area contributed by atoms with E-state index in [-0.39, 0.29) is 11.7 Å². The van der Waals surface area contributed by atoms with Crippen LogP contribution in [-0.4, -0.2) is 23.2 Å². The number of nitrogens with zero attached hydrogens (tertiary/aromatic N) is 2. The lowest BCUT2D eigenvalue weighted by atomic mass is 9.85. The third-order valence-corrected chi connectivity index (χ3v) is 4.01. The van der Waals surface area contributed by atoms with Crippen molar-refractivity contribution >= 4 is 11.8 Å². The molecule has 18 heavy (non-hydrogen) atoms. The van der Waals surface area contributed by atoms with Crippen molar-refractivity contribution in [1.29, 1.82) is 0 Å². The Bertz CT molecular complexity index is 467. The molecule has 4 nitrogen and oxygen atoms in total. The van der Waals surface area contributed by atoms with E-state index in [0.29, 0.717) is 6.54 Å². The molecule has 2 heterocycles. The molecule has 1 aromatic heterocycles. The first-order valence-corrected chi connectivity index (χ1v) is 6.62. The van der Waals surface area contributed by atoms with Crippen molar-refractivity contribution in [1.82, 2.24) is 4.98 Å². The maximum atomic E-state index is 12.1. The molecular weight excluding hydrogens is 228 g/mol. The van der Waals surface area contributed by atoms with E-state index >= 15 is 0 Å². The molecule has 96 valence electrons. The minimum absolute atomic E-state index is 0.215. The Hall–Kier alpha value is -1.58. The molecular formula is C14H18N2O2. The Morgan fingerprint density at radius 2 is 2.11 bits per heavy atom. The SMILES string of the molecule is Cc1ncccc1N1CC2(CCCCC2)OC1=O. The fourth-order valence-corrected chi connectivity index (χ4v) is 3.03. The van der Waals surface area contributed by atoms with Crippen molar-refractivity contribution < 1.29 is 9.53 Å². The molecule has 2 fully saturated rings. The highest BCUT2D eigenvalue weighted by Crippen LogP contribution is 2.39. The zero-order valence-corrected chi connectivity index (χ0v) is 10.7. The standard InChI is InChI=1S/C14H18N2O2/c1-11-12(6-5-9-15-11)16-10-14(18-13(16)17)7-3-2-4-8-14/h5-6,9H,2-4,7-8,10H2,1H3. The lowest BCUT2D eigenvalue weighted by Gasteiger charge is -2.30. The predicted octanol–water partition coefficient (Wildman–Crippen LogP) is 3.05. The third-order valence-electron chi connectivity index (χ3n) is 4.01. The Balaban J connectivity index is 1.87. The molecule has 1 aliphatic heterocycles. The molecule has 1 amide bonds. The lowest BCUT2D eigenvalue weighted by Crippen LogP contribution is -2.36. The van der Waals surface area contributed by atoms with Crippen molar-refractivity contribution in [2.24, 2.45) is 0 Å². The van der Waals surface area contributed by atoms with Crippen LogP contribution in [0.15, 0.2) is 18.3 Å². The number of aromatic nitrogens is 1. The second-order valence-electron chi connectivity index (χ2n) is 5.31. The van der Waals surface area contributed by atoms with Crippen LogP contribution in [0, 0.1) is 6.92 Å². The van der Waals surface area contributed by atoms with Crippen LogP contribution in [0.3, 0.4) is 0 Å². The first-order valence-electron chi connectivity index (χ1n) is 6.62. The van der Waals surface area contributed by atoms with Crippen molar-refractivity contribution in [2.75, 3.05) is 11.4 Å². The van der Waals surface area contributed by atoms with Gasteiger partial charge in [0, 0.05) is 6.20 Å². The molecule has 0 atom stereocenters. The second-order valence-corrected chi connectivity index (χ2v) is 5.31. The van der Waals surface area contributed by atoms with Crippen LogP contribution in [0.4, 0.5) is 10.5 Å². The minimum Gasteiger partial charge on any atom is -0.441 e. The zero-order valence-electron chi connectivity index (χ0n) is 10.7. The first-order chi connectivity index (χ1) is 8.70. The average molecular weight is 246 g/mol. The Kier molecular flexibility index (Phi) is 2.73.